The molecule has 0 bridgehead atoms. The fourth-order valence-corrected chi connectivity index (χ4v) is 2.76. The first-order chi connectivity index (χ1) is 9.35. The molecule has 0 heterocycles. The molecule has 0 aliphatic heterocycles. The molecular formula is C14H25ClN2O3S. The van der Waals surface area contributed by atoms with Crippen LogP contribution in [0.1, 0.15) is 27.2 Å². The monoisotopic (exact) mass is 336 g/mol. The standard InChI is InChI=1S/C14H24N2O3S.ClH/c1-11(2)8-9-19-13-4-6-14(7-5-13)20(17,18)16-12(3)10-15;/h4-7,11-12,16H,8-10,15H2,1-3H3;1H/t12-;/m0./s1. The fourth-order valence-electron chi connectivity index (χ4n) is 1.51. The summed E-state index contributed by atoms with van der Waals surface area (Å²) in [5.74, 6) is 1.26. The average molecular weight is 337 g/mol. The molecule has 5 nitrogen and oxygen atoms in total. The number of benzene rings is 1. The maximum absolute atomic E-state index is 12.0. The lowest BCUT2D eigenvalue weighted by Crippen LogP contribution is -2.37. The average Bonchev–Trinajstić information content (AvgIpc) is 2.38. The summed E-state index contributed by atoms with van der Waals surface area (Å²) in [7, 11) is -3.51. The van der Waals surface area contributed by atoms with Crippen LogP contribution in [0, 0.1) is 5.92 Å². The van der Waals surface area contributed by atoms with E-state index in [4.69, 9.17) is 10.5 Å². The van der Waals surface area contributed by atoms with Crippen LogP contribution in [-0.2, 0) is 10.0 Å². The fraction of sp³-hybridized carbons (Fsp3) is 0.571. The predicted octanol–water partition coefficient (Wildman–Crippen LogP) is 2.16. The van der Waals surface area contributed by atoms with E-state index in [0.717, 1.165) is 6.42 Å². The minimum atomic E-state index is -3.51. The molecule has 7 heteroatoms. The SMILES string of the molecule is CC(C)CCOc1ccc(S(=O)(=O)N[C@@H](C)CN)cc1.Cl. The summed E-state index contributed by atoms with van der Waals surface area (Å²) in [5.41, 5.74) is 5.41. The zero-order valence-electron chi connectivity index (χ0n) is 12.7. The highest BCUT2D eigenvalue weighted by Crippen LogP contribution is 2.16. The van der Waals surface area contributed by atoms with E-state index in [2.05, 4.69) is 18.6 Å². The van der Waals surface area contributed by atoms with E-state index in [-0.39, 0.29) is 29.9 Å². The van der Waals surface area contributed by atoms with Crippen molar-refractivity contribution in [2.24, 2.45) is 11.7 Å². The van der Waals surface area contributed by atoms with Crippen molar-refractivity contribution in [2.75, 3.05) is 13.2 Å². The zero-order valence-corrected chi connectivity index (χ0v) is 14.3. The van der Waals surface area contributed by atoms with Crippen LogP contribution in [0.4, 0.5) is 0 Å². The Morgan fingerprint density at radius 2 is 1.76 bits per heavy atom. The van der Waals surface area contributed by atoms with E-state index in [1.165, 1.54) is 12.1 Å². The van der Waals surface area contributed by atoms with Gasteiger partial charge in [0.05, 0.1) is 11.5 Å². The van der Waals surface area contributed by atoms with E-state index in [1.807, 2.05) is 0 Å². The highest BCUT2D eigenvalue weighted by atomic mass is 35.5. The lowest BCUT2D eigenvalue weighted by molar-refractivity contribution is 0.289. The Morgan fingerprint density at radius 1 is 1.19 bits per heavy atom. The zero-order chi connectivity index (χ0) is 15.2. The summed E-state index contributed by atoms with van der Waals surface area (Å²) < 4.78 is 32.1. The van der Waals surface area contributed by atoms with Gasteiger partial charge in [-0.1, -0.05) is 13.8 Å². The molecule has 21 heavy (non-hydrogen) atoms. The molecule has 0 aliphatic rings. The summed E-state index contributed by atoms with van der Waals surface area (Å²) in [6.07, 6.45) is 0.968. The van der Waals surface area contributed by atoms with Gasteiger partial charge in [0.15, 0.2) is 0 Å². The van der Waals surface area contributed by atoms with Gasteiger partial charge in [-0.3, -0.25) is 0 Å². The smallest absolute Gasteiger partial charge is 0.240 e. The summed E-state index contributed by atoms with van der Waals surface area (Å²) >= 11 is 0. The van der Waals surface area contributed by atoms with E-state index < -0.39 is 10.0 Å². The van der Waals surface area contributed by atoms with Crippen molar-refractivity contribution in [3.05, 3.63) is 24.3 Å². The van der Waals surface area contributed by atoms with Gasteiger partial charge in [-0.2, -0.15) is 0 Å². The van der Waals surface area contributed by atoms with E-state index in [1.54, 1.807) is 19.1 Å². The normalized spacial score (nSPS) is 12.8. The maximum atomic E-state index is 12.0. The van der Waals surface area contributed by atoms with Gasteiger partial charge in [0.1, 0.15) is 5.75 Å². The second-order valence-corrected chi connectivity index (χ2v) is 6.97. The number of nitrogens with one attached hydrogen (secondary N) is 1. The Morgan fingerprint density at radius 3 is 2.24 bits per heavy atom. The van der Waals surface area contributed by atoms with Crippen molar-refractivity contribution >= 4 is 22.4 Å². The highest BCUT2D eigenvalue weighted by molar-refractivity contribution is 7.89. The van der Waals surface area contributed by atoms with Crippen LogP contribution < -0.4 is 15.2 Å². The van der Waals surface area contributed by atoms with Crippen molar-refractivity contribution in [1.29, 1.82) is 0 Å². The van der Waals surface area contributed by atoms with Gasteiger partial charge in [-0.15, -0.1) is 12.4 Å². The molecule has 0 aliphatic carbocycles. The first-order valence-corrected chi connectivity index (χ1v) is 8.28. The lowest BCUT2D eigenvalue weighted by atomic mass is 10.1. The summed E-state index contributed by atoms with van der Waals surface area (Å²) in [6.45, 7) is 6.87. The number of hydrogen-bond acceptors (Lipinski definition) is 4. The van der Waals surface area contributed by atoms with Crippen LogP contribution >= 0.6 is 12.4 Å². The molecule has 1 atom stereocenters. The number of ether oxygens (including phenoxy) is 1. The van der Waals surface area contributed by atoms with Gasteiger partial charge in [-0.25, -0.2) is 13.1 Å². The predicted molar refractivity (Wildman–Crippen MR) is 87.5 cm³/mol. The van der Waals surface area contributed by atoms with Gasteiger partial charge >= 0.3 is 0 Å². The van der Waals surface area contributed by atoms with Gasteiger partial charge in [0.2, 0.25) is 10.0 Å². The molecule has 0 saturated heterocycles. The van der Waals surface area contributed by atoms with Gasteiger partial charge in [-0.05, 0) is 43.5 Å². The molecule has 0 fully saturated rings. The first-order valence-electron chi connectivity index (χ1n) is 6.80. The molecule has 0 radical (unpaired) electrons. The van der Waals surface area contributed by atoms with Crippen LogP contribution in [0.15, 0.2) is 29.2 Å². The van der Waals surface area contributed by atoms with Crippen LogP contribution in [-0.4, -0.2) is 27.6 Å². The van der Waals surface area contributed by atoms with Gasteiger partial charge < -0.3 is 10.5 Å². The summed E-state index contributed by atoms with van der Waals surface area (Å²) in [5, 5.41) is 0. The Balaban J connectivity index is 0.00000400. The Hall–Kier alpha value is -0.820. The van der Waals surface area contributed by atoms with Crippen molar-refractivity contribution in [2.45, 2.75) is 38.1 Å². The second kappa shape index (κ2) is 9.25. The Labute approximate surface area is 133 Å². The quantitative estimate of drug-likeness (QED) is 0.762. The molecule has 122 valence electrons. The third-order valence-electron chi connectivity index (χ3n) is 2.81. The van der Waals surface area contributed by atoms with Crippen LogP contribution in [0.2, 0.25) is 0 Å². The molecule has 0 saturated carbocycles. The molecule has 1 rings (SSSR count). The van der Waals surface area contributed by atoms with Crippen molar-refractivity contribution < 1.29 is 13.2 Å². The number of halogens is 1. The van der Waals surface area contributed by atoms with Crippen LogP contribution in [0.3, 0.4) is 0 Å². The number of hydrogen-bond donors (Lipinski definition) is 2. The molecule has 0 aromatic heterocycles. The molecule has 0 spiro atoms. The lowest BCUT2D eigenvalue weighted by Gasteiger charge is -2.12. The minimum absolute atomic E-state index is 0. The van der Waals surface area contributed by atoms with E-state index in [9.17, 15) is 8.42 Å². The minimum Gasteiger partial charge on any atom is -0.494 e. The number of sulfonamides is 1. The van der Waals surface area contributed by atoms with Crippen LogP contribution in [0.25, 0.3) is 0 Å². The van der Waals surface area contributed by atoms with E-state index >= 15 is 0 Å². The maximum Gasteiger partial charge on any atom is 0.240 e. The molecule has 0 unspecified atom stereocenters. The van der Waals surface area contributed by atoms with E-state index in [0.29, 0.717) is 18.3 Å². The van der Waals surface area contributed by atoms with Crippen molar-refractivity contribution in [3.8, 4) is 5.75 Å². The van der Waals surface area contributed by atoms with Gasteiger partial charge in [0, 0.05) is 12.6 Å². The summed E-state index contributed by atoms with van der Waals surface area (Å²) in [4.78, 5) is 0.217. The Bertz CT molecular complexity index is 503. The largest absolute Gasteiger partial charge is 0.494 e. The molecular weight excluding hydrogens is 312 g/mol. The summed E-state index contributed by atoms with van der Waals surface area (Å²) in [6, 6.07) is 6.12. The number of rotatable bonds is 8. The van der Waals surface area contributed by atoms with Crippen molar-refractivity contribution in [1.82, 2.24) is 4.72 Å². The topological polar surface area (TPSA) is 81.4 Å². The third kappa shape index (κ3) is 7.13. The Kier molecular flexibility index (Phi) is 8.89. The third-order valence-corrected chi connectivity index (χ3v) is 4.41. The molecule has 1 aromatic carbocycles. The molecule has 0 amide bonds. The van der Waals surface area contributed by atoms with Crippen LogP contribution in [0.5, 0.6) is 5.75 Å². The first kappa shape index (κ1) is 20.2. The van der Waals surface area contributed by atoms with Gasteiger partial charge in [0.25, 0.3) is 0 Å². The van der Waals surface area contributed by atoms with Crippen molar-refractivity contribution in [3.63, 3.8) is 0 Å². The second-order valence-electron chi connectivity index (χ2n) is 5.26. The number of nitrogens with two attached hydrogens (primary N) is 1. The highest BCUT2D eigenvalue weighted by Gasteiger charge is 2.16. The molecule has 3 N–H and O–H groups in total. The molecule has 1 aromatic rings.